The second kappa shape index (κ2) is 9.68. The largest absolute Gasteiger partial charge is 0.435 e. The third-order valence-electron chi connectivity index (χ3n) is 4.26. The average Bonchev–Trinajstić information content (AvgIpc) is 3.11. The van der Waals surface area contributed by atoms with E-state index in [1.807, 2.05) is 0 Å². The zero-order chi connectivity index (χ0) is 19.1. The van der Waals surface area contributed by atoms with Crippen LogP contribution in [-0.2, 0) is 4.79 Å². The van der Waals surface area contributed by atoms with E-state index in [0.29, 0.717) is 29.0 Å². The maximum atomic E-state index is 12.2. The second-order valence-corrected chi connectivity index (χ2v) is 7.32. The minimum absolute atomic E-state index is 0.0451. The van der Waals surface area contributed by atoms with Gasteiger partial charge in [-0.3, -0.25) is 4.79 Å². The van der Waals surface area contributed by atoms with Crippen molar-refractivity contribution in [3.63, 3.8) is 0 Å². The summed E-state index contributed by atoms with van der Waals surface area (Å²) >= 11 is 1.31. The molecule has 1 aromatic carbocycles. The molecule has 3 rings (SSSR count). The summed E-state index contributed by atoms with van der Waals surface area (Å²) in [7, 11) is 0. The maximum Gasteiger partial charge on any atom is 0.387 e. The second-order valence-electron chi connectivity index (χ2n) is 6.28. The first-order chi connectivity index (χ1) is 13.1. The molecule has 0 spiro atoms. The van der Waals surface area contributed by atoms with E-state index in [9.17, 15) is 13.6 Å². The van der Waals surface area contributed by atoms with Crippen molar-refractivity contribution in [3.05, 3.63) is 24.3 Å². The van der Waals surface area contributed by atoms with Crippen molar-refractivity contribution in [1.29, 1.82) is 0 Å². The molecule has 0 radical (unpaired) electrons. The summed E-state index contributed by atoms with van der Waals surface area (Å²) in [5.74, 6) is 0.935. The summed E-state index contributed by atoms with van der Waals surface area (Å²) in [6, 6.07) is 6.26. The fourth-order valence-electron chi connectivity index (χ4n) is 2.94. The number of rotatable bonds is 8. The summed E-state index contributed by atoms with van der Waals surface area (Å²) < 4.78 is 34.2. The molecule has 6 nitrogen and oxygen atoms in total. The molecule has 1 N–H and O–H groups in total. The molecule has 1 saturated carbocycles. The molecule has 27 heavy (non-hydrogen) atoms. The average molecular weight is 397 g/mol. The van der Waals surface area contributed by atoms with E-state index < -0.39 is 6.61 Å². The lowest BCUT2D eigenvalue weighted by atomic mass is 9.95. The van der Waals surface area contributed by atoms with Gasteiger partial charge in [-0.1, -0.05) is 31.0 Å². The summed E-state index contributed by atoms with van der Waals surface area (Å²) in [6.45, 7) is -2.86. The molecule has 0 saturated heterocycles. The van der Waals surface area contributed by atoms with Crippen LogP contribution in [0.15, 0.2) is 33.9 Å². The SMILES string of the molecule is O=C(CCSc1nnc(-c2ccc(OC(F)F)cc2)o1)NC1CCCCC1. The van der Waals surface area contributed by atoms with Crippen LogP contribution in [0.1, 0.15) is 38.5 Å². The van der Waals surface area contributed by atoms with E-state index in [-0.39, 0.29) is 17.5 Å². The van der Waals surface area contributed by atoms with Crippen molar-refractivity contribution in [2.24, 2.45) is 0 Å². The number of benzene rings is 1. The molecule has 1 fully saturated rings. The monoisotopic (exact) mass is 397 g/mol. The molecule has 0 aliphatic heterocycles. The number of hydrogen-bond acceptors (Lipinski definition) is 6. The normalized spacial score (nSPS) is 15.1. The number of aromatic nitrogens is 2. The molecule has 1 heterocycles. The number of ether oxygens (including phenoxy) is 1. The van der Waals surface area contributed by atoms with E-state index in [1.54, 1.807) is 12.1 Å². The van der Waals surface area contributed by atoms with Crippen molar-refractivity contribution in [2.75, 3.05) is 5.75 Å². The Morgan fingerprint density at radius 3 is 2.67 bits per heavy atom. The van der Waals surface area contributed by atoms with Crippen molar-refractivity contribution in [3.8, 4) is 17.2 Å². The summed E-state index contributed by atoms with van der Waals surface area (Å²) in [4.78, 5) is 12.0. The molecule has 2 aromatic rings. The Labute approximate surface area is 160 Å². The van der Waals surface area contributed by atoms with Gasteiger partial charge < -0.3 is 14.5 Å². The van der Waals surface area contributed by atoms with E-state index in [1.165, 1.54) is 43.2 Å². The zero-order valence-electron chi connectivity index (χ0n) is 14.7. The Hall–Kier alpha value is -2.16. The van der Waals surface area contributed by atoms with Crippen LogP contribution in [0.25, 0.3) is 11.5 Å². The van der Waals surface area contributed by atoms with Gasteiger partial charge in [-0.2, -0.15) is 8.78 Å². The minimum Gasteiger partial charge on any atom is -0.435 e. The van der Waals surface area contributed by atoms with Crippen molar-refractivity contribution >= 4 is 17.7 Å². The van der Waals surface area contributed by atoms with Gasteiger partial charge in [0, 0.05) is 23.8 Å². The molecule has 1 aliphatic rings. The molecule has 146 valence electrons. The van der Waals surface area contributed by atoms with E-state index in [4.69, 9.17) is 4.42 Å². The first-order valence-corrected chi connectivity index (χ1v) is 9.89. The number of hydrogen-bond donors (Lipinski definition) is 1. The quantitative estimate of drug-likeness (QED) is 0.671. The number of nitrogens with one attached hydrogen (secondary N) is 1. The number of alkyl halides is 2. The van der Waals surface area contributed by atoms with Crippen LogP contribution in [0.5, 0.6) is 5.75 Å². The van der Waals surface area contributed by atoms with Gasteiger partial charge in [-0.25, -0.2) is 0 Å². The van der Waals surface area contributed by atoms with Gasteiger partial charge in [0.25, 0.3) is 5.22 Å². The number of carbonyl (C=O) groups excluding carboxylic acids is 1. The zero-order valence-corrected chi connectivity index (χ0v) is 15.5. The van der Waals surface area contributed by atoms with Gasteiger partial charge in [-0.05, 0) is 37.1 Å². The fraction of sp³-hybridized carbons (Fsp3) is 0.500. The van der Waals surface area contributed by atoms with Crippen LogP contribution in [0, 0.1) is 0 Å². The Morgan fingerprint density at radius 2 is 1.96 bits per heavy atom. The van der Waals surface area contributed by atoms with Crippen LogP contribution >= 0.6 is 11.8 Å². The van der Waals surface area contributed by atoms with E-state index >= 15 is 0 Å². The van der Waals surface area contributed by atoms with Crippen LogP contribution in [0.3, 0.4) is 0 Å². The number of carbonyl (C=O) groups is 1. The third-order valence-corrected chi connectivity index (χ3v) is 5.08. The van der Waals surface area contributed by atoms with Crippen LogP contribution < -0.4 is 10.1 Å². The first-order valence-electron chi connectivity index (χ1n) is 8.91. The number of amides is 1. The standard InChI is InChI=1S/C18H21F2N3O3S/c19-17(20)25-14-8-6-12(7-9-14)16-22-23-18(26-16)27-11-10-15(24)21-13-4-2-1-3-5-13/h6-9,13,17H,1-5,10-11H2,(H,21,24). The van der Waals surface area contributed by atoms with Crippen molar-refractivity contribution in [1.82, 2.24) is 15.5 Å². The molecular formula is C18H21F2N3O3S. The predicted octanol–water partition coefficient (Wildman–Crippen LogP) is 4.27. The van der Waals surface area contributed by atoms with Crippen LogP contribution in [0.4, 0.5) is 8.78 Å². The lowest BCUT2D eigenvalue weighted by Crippen LogP contribution is -2.36. The molecule has 1 aliphatic carbocycles. The number of thioether (sulfide) groups is 1. The Kier molecular flexibility index (Phi) is 7.03. The van der Waals surface area contributed by atoms with E-state index in [0.717, 1.165) is 12.8 Å². The van der Waals surface area contributed by atoms with Gasteiger partial charge in [0.15, 0.2) is 0 Å². The highest BCUT2D eigenvalue weighted by Gasteiger charge is 2.16. The molecule has 1 aromatic heterocycles. The summed E-state index contributed by atoms with van der Waals surface area (Å²) in [5, 5.41) is 11.3. The van der Waals surface area contributed by atoms with Crippen molar-refractivity contribution in [2.45, 2.75) is 56.4 Å². The van der Waals surface area contributed by atoms with E-state index in [2.05, 4.69) is 20.3 Å². The molecule has 9 heteroatoms. The highest BCUT2D eigenvalue weighted by Crippen LogP contribution is 2.26. The van der Waals surface area contributed by atoms with Gasteiger partial charge in [0.05, 0.1) is 0 Å². The van der Waals surface area contributed by atoms with Gasteiger partial charge >= 0.3 is 6.61 Å². The highest BCUT2D eigenvalue weighted by molar-refractivity contribution is 7.99. The molecule has 0 bridgehead atoms. The fourth-order valence-corrected chi connectivity index (χ4v) is 3.64. The summed E-state index contributed by atoms with van der Waals surface area (Å²) in [6.07, 6.45) is 6.13. The predicted molar refractivity (Wildman–Crippen MR) is 96.7 cm³/mol. The van der Waals surface area contributed by atoms with Gasteiger partial charge in [0.2, 0.25) is 11.8 Å². The van der Waals surface area contributed by atoms with Gasteiger partial charge in [0.1, 0.15) is 5.75 Å². The first kappa shape index (κ1) is 19.6. The Balaban J connectivity index is 1.44. The lowest BCUT2D eigenvalue weighted by Gasteiger charge is -2.22. The maximum absolute atomic E-state index is 12.2. The minimum atomic E-state index is -2.86. The Bertz CT molecular complexity index is 734. The van der Waals surface area contributed by atoms with Crippen LogP contribution in [0.2, 0.25) is 0 Å². The highest BCUT2D eigenvalue weighted by atomic mass is 32.2. The Morgan fingerprint density at radius 1 is 1.22 bits per heavy atom. The molecular weight excluding hydrogens is 376 g/mol. The smallest absolute Gasteiger partial charge is 0.387 e. The molecule has 0 atom stereocenters. The van der Waals surface area contributed by atoms with Gasteiger partial charge in [-0.15, -0.1) is 10.2 Å². The van der Waals surface area contributed by atoms with Crippen LogP contribution in [-0.4, -0.2) is 34.5 Å². The molecule has 1 amide bonds. The lowest BCUT2D eigenvalue weighted by molar-refractivity contribution is -0.121. The number of nitrogens with zero attached hydrogens (tertiary/aromatic N) is 2. The third kappa shape index (κ3) is 6.20. The number of halogens is 2. The molecule has 0 unspecified atom stereocenters. The summed E-state index contributed by atoms with van der Waals surface area (Å²) in [5.41, 5.74) is 0.603. The van der Waals surface area contributed by atoms with Crippen molar-refractivity contribution < 1.29 is 22.7 Å². The topological polar surface area (TPSA) is 77.2 Å².